The molecule has 1 heterocycles. The second-order valence-corrected chi connectivity index (χ2v) is 4.83. The Morgan fingerprint density at radius 3 is 2.84 bits per heavy atom. The van der Waals surface area contributed by atoms with E-state index in [0.717, 1.165) is 37.1 Å². The van der Waals surface area contributed by atoms with Gasteiger partial charge in [0.2, 0.25) is 0 Å². The molecule has 0 spiro atoms. The number of aliphatic carboxylic acids is 1. The van der Waals surface area contributed by atoms with Crippen molar-refractivity contribution in [3.63, 3.8) is 0 Å². The van der Waals surface area contributed by atoms with Crippen LogP contribution in [0.5, 0.6) is 0 Å². The summed E-state index contributed by atoms with van der Waals surface area (Å²) in [7, 11) is 0. The van der Waals surface area contributed by atoms with Crippen LogP contribution in [0.25, 0.3) is 11.0 Å². The van der Waals surface area contributed by atoms with E-state index in [0.29, 0.717) is 0 Å². The Bertz CT molecular complexity index is 587. The predicted octanol–water partition coefficient (Wildman–Crippen LogP) is 3.16. The molecule has 2 rings (SSSR count). The van der Waals surface area contributed by atoms with Crippen molar-refractivity contribution in [2.45, 2.75) is 46.1 Å². The lowest BCUT2D eigenvalue weighted by Gasteiger charge is -2.03. The first-order chi connectivity index (χ1) is 9.11. The molecule has 0 atom stereocenters. The summed E-state index contributed by atoms with van der Waals surface area (Å²) in [5.41, 5.74) is 3.45. The molecule has 0 bridgehead atoms. The molecular weight excluding hydrogens is 240 g/mol. The van der Waals surface area contributed by atoms with Gasteiger partial charge in [-0.1, -0.05) is 6.07 Å². The molecule has 0 amide bonds. The lowest BCUT2D eigenvalue weighted by molar-refractivity contribution is -0.137. The lowest BCUT2D eigenvalue weighted by atomic mass is 10.1. The fraction of sp³-hybridized carbons (Fsp3) is 0.467. The number of benzene rings is 1. The maximum atomic E-state index is 10.4. The molecule has 102 valence electrons. The zero-order valence-corrected chi connectivity index (χ0v) is 11.5. The largest absolute Gasteiger partial charge is 0.481 e. The summed E-state index contributed by atoms with van der Waals surface area (Å²) >= 11 is 0. The Morgan fingerprint density at radius 2 is 2.16 bits per heavy atom. The first kappa shape index (κ1) is 13.6. The van der Waals surface area contributed by atoms with Gasteiger partial charge in [0.25, 0.3) is 0 Å². The van der Waals surface area contributed by atoms with Crippen LogP contribution in [0.2, 0.25) is 0 Å². The van der Waals surface area contributed by atoms with E-state index in [1.54, 1.807) is 0 Å². The summed E-state index contributed by atoms with van der Waals surface area (Å²) < 4.78 is 2.20. The van der Waals surface area contributed by atoms with Gasteiger partial charge in [-0.25, -0.2) is 4.98 Å². The lowest BCUT2D eigenvalue weighted by Crippen LogP contribution is -1.96. The fourth-order valence-electron chi connectivity index (χ4n) is 2.46. The van der Waals surface area contributed by atoms with E-state index < -0.39 is 5.97 Å². The number of rotatable bonds is 6. The Labute approximate surface area is 113 Å². The number of hydrogen-bond donors (Lipinski definition) is 1. The van der Waals surface area contributed by atoms with Crippen LogP contribution in [0, 0.1) is 6.92 Å². The van der Waals surface area contributed by atoms with Crippen LogP contribution in [0.15, 0.2) is 18.2 Å². The molecule has 1 aromatic carbocycles. The van der Waals surface area contributed by atoms with E-state index in [1.165, 1.54) is 11.1 Å². The van der Waals surface area contributed by atoms with Gasteiger partial charge >= 0.3 is 5.97 Å². The first-order valence-corrected chi connectivity index (χ1v) is 6.79. The molecule has 1 N–H and O–H groups in total. The van der Waals surface area contributed by atoms with Crippen LogP contribution in [0.1, 0.15) is 37.6 Å². The molecule has 0 aliphatic carbocycles. The highest BCUT2D eigenvalue weighted by Crippen LogP contribution is 2.19. The minimum Gasteiger partial charge on any atom is -0.481 e. The SMILES string of the molecule is CCn1c(C)nc2cc(CCCCC(=O)O)ccc21. The number of fused-ring (bicyclic) bond motifs is 1. The number of hydrogen-bond acceptors (Lipinski definition) is 2. The van der Waals surface area contributed by atoms with Gasteiger partial charge in [0.1, 0.15) is 5.82 Å². The van der Waals surface area contributed by atoms with Crippen molar-refractivity contribution in [3.05, 3.63) is 29.6 Å². The number of nitrogens with zero attached hydrogens (tertiary/aromatic N) is 2. The van der Waals surface area contributed by atoms with Gasteiger partial charge in [0, 0.05) is 13.0 Å². The topological polar surface area (TPSA) is 55.1 Å². The van der Waals surface area contributed by atoms with E-state index in [9.17, 15) is 4.79 Å². The van der Waals surface area contributed by atoms with E-state index in [2.05, 4.69) is 34.7 Å². The highest BCUT2D eigenvalue weighted by atomic mass is 16.4. The average molecular weight is 260 g/mol. The molecule has 19 heavy (non-hydrogen) atoms. The zero-order valence-electron chi connectivity index (χ0n) is 11.5. The minimum atomic E-state index is -0.715. The Hall–Kier alpha value is -1.84. The van der Waals surface area contributed by atoms with Crippen LogP contribution < -0.4 is 0 Å². The molecule has 0 aliphatic rings. The standard InChI is InChI=1S/C15H20N2O2/c1-3-17-11(2)16-13-10-12(8-9-14(13)17)6-4-5-7-15(18)19/h8-10H,3-7H2,1-2H3,(H,18,19). The van der Waals surface area contributed by atoms with Crippen LogP contribution in [0.4, 0.5) is 0 Å². The monoisotopic (exact) mass is 260 g/mol. The third kappa shape index (κ3) is 3.13. The molecule has 0 fully saturated rings. The fourth-order valence-corrected chi connectivity index (χ4v) is 2.46. The van der Waals surface area contributed by atoms with Gasteiger partial charge in [-0.05, 0) is 50.8 Å². The Balaban J connectivity index is 2.07. The Kier molecular flexibility index (Phi) is 4.20. The van der Waals surface area contributed by atoms with E-state index in [4.69, 9.17) is 5.11 Å². The zero-order chi connectivity index (χ0) is 13.8. The molecule has 0 radical (unpaired) electrons. The van der Waals surface area contributed by atoms with Crippen molar-refractivity contribution in [1.82, 2.24) is 9.55 Å². The van der Waals surface area contributed by atoms with Gasteiger partial charge in [-0.15, -0.1) is 0 Å². The number of unbranched alkanes of at least 4 members (excludes halogenated alkanes) is 1. The second kappa shape index (κ2) is 5.87. The van der Waals surface area contributed by atoms with E-state index in [1.807, 2.05) is 6.92 Å². The third-order valence-electron chi connectivity index (χ3n) is 3.43. The predicted molar refractivity (Wildman–Crippen MR) is 75.3 cm³/mol. The number of carbonyl (C=O) groups is 1. The summed E-state index contributed by atoms with van der Waals surface area (Å²) in [6, 6.07) is 6.36. The first-order valence-electron chi connectivity index (χ1n) is 6.79. The number of aromatic nitrogens is 2. The number of carboxylic acids is 1. The smallest absolute Gasteiger partial charge is 0.303 e. The van der Waals surface area contributed by atoms with Gasteiger partial charge < -0.3 is 9.67 Å². The van der Waals surface area contributed by atoms with Gasteiger partial charge in [-0.2, -0.15) is 0 Å². The maximum absolute atomic E-state index is 10.4. The molecule has 0 unspecified atom stereocenters. The molecule has 1 aromatic heterocycles. The van der Waals surface area contributed by atoms with Crippen molar-refractivity contribution in [2.75, 3.05) is 0 Å². The third-order valence-corrected chi connectivity index (χ3v) is 3.43. The minimum absolute atomic E-state index is 0.256. The maximum Gasteiger partial charge on any atom is 0.303 e. The van der Waals surface area contributed by atoms with Gasteiger partial charge in [0.15, 0.2) is 0 Å². The van der Waals surface area contributed by atoms with Crippen molar-refractivity contribution in [2.24, 2.45) is 0 Å². The highest BCUT2D eigenvalue weighted by Gasteiger charge is 2.06. The molecular formula is C15H20N2O2. The van der Waals surface area contributed by atoms with Crippen molar-refractivity contribution in [1.29, 1.82) is 0 Å². The van der Waals surface area contributed by atoms with Crippen molar-refractivity contribution >= 4 is 17.0 Å². The molecule has 0 saturated heterocycles. The van der Waals surface area contributed by atoms with E-state index in [-0.39, 0.29) is 6.42 Å². The normalized spacial score (nSPS) is 11.1. The van der Waals surface area contributed by atoms with Crippen LogP contribution in [-0.4, -0.2) is 20.6 Å². The van der Waals surface area contributed by atoms with Crippen molar-refractivity contribution < 1.29 is 9.90 Å². The number of imidazole rings is 1. The van der Waals surface area contributed by atoms with Crippen molar-refractivity contribution in [3.8, 4) is 0 Å². The molecule has 2 aromatic rings. The summed E-state index contributed by atoms with van der Waals surface area (Å²) in [6.07, 6.45) is 2.81. The van der Waals surface area contributed by atoms with Crippen LogP contribution in [0.3, 0.4) is 0 Å². The summed E-state index contributed by atoms with van der Waals surface area (Å²) in [5.74, 6) is 0.327. The molecule has 0 saturated carbocycles. The van der Waals surface area contributed by atoms with Gasteiger partial charge in [-0.3, -0.25) is 4.79 Å². The Morgan fingerprint density at radius 1 is 1.37 bits per heavy atom. The van der Waals surface area contributed by atoms with Gasteiger partial charge in [0.05, 0.1) is 11.0 Å². The molecule has 4 heteroatoms. The summed E-state index contributed by atoms with van der Waals surface area (Å²) in [6.45, 7) is 5.07. The number of aryl methyl sites for hydroxylation is 3. The highest BCUT2D eigenvalue weighted by molar-refractivity contribution is 5.76. The molecule has 0 aliphatic heterocycles. The summed E-state index contributed by atoms with van der Waals surface area (Å²) in [5, 5.41) is 8.60. The number of carboxylic acid groups (broad SMARTS) is 1. The summed E-state index contributed by atoms with van der Waals surface area (Å²) in [4.78, 5) is 15.0. The van der Waals surface area contributed by atoms with E-state index >= 15 is 0 Å². The second-order valence-electron chi connectivity index (χ2n) is 4.83. The quantitative estimate of drug-likeness (QED) is 0.812. The van der Waals surface area contributed by atoms with Crippen LogP contribution in [-0.2, 0) is 17.8 Å². The molecule has 4 nitrogen and oxygen atoms in total. The average Bonchev–Trinajstić information content (AvgIpc) is 2.68. The van der Waals surface area contributed by atoms with Crippen LogP contribution >= 0.6 is 0 Å².